The van der Waals surface area contributed by atoms with E-state index in [1.807, 2.05) is 17.0 Å². The van der Waals surface area contributed by atoms with Gasteiger partial charge in [0.15, 0.2) is 0 Å². The van der Waals surface area contributed by atoms with E-state index >= 15 is 0 Å². The number of rotatable bonds is 5. The lowest BCUT2D eigenvalue weighted by atomic mass is 9.93. The van der Waals surface area contributed by atoms with E-state index in [1.165, 1.54) is 19.2 Å². The minimum atomic E-state index is -0.625. The first kappa shape index (κ1) is 23.1. The molecule has 2 aromatic rings. The first-order valence-corrected chi connectivity index (χ1v) is 11.0. The van der Waals surface area contributed by atoms with Crippen LogP contribution in [0.15, 0.2) is 48.2 Å². The lowest BCUT2D eigenvalue weighted by Gasteiger charge is -2.31. The maximum atomic E-state index is 14.6. The number of hydrogen-bond donors (Lipinski definition) is 3. The Labute approximate surface area is 197 Å². The summed E-state index contributed by atoms with van der Waals surface area (Å²) in [5.74, 6) is 0.193. The Hall–Kier alpha value is -4.03. The highest BCUT2D eigenvalue weighted by atomic mass is 19.1. The van der Waals surface area contributed by atoms with Crippen LogP contribution in [-0.2, 0) is 0 Å². The zero-order chi connectivity index (χ0) is 24.2. The number of hydrogen-bond acceptors (Lipinski definition) is 8. The molecule has 34 heavy (non-hydrogen) atoms. The van der Waals surface area contributed by atoms with Crippen LogP contribution in [0.2, 0.25) is 0 Å². The highest BCUT2D eigenvalue weighted by molar-refractivity contribution is 6.13. The summed E-state index contributed by atoms with van der Waals surface area (Å²) in [6, 6.07) is 6.42. The number of nitrogens with one attached hydrogen (secondary N) is 2. The molecule has 0 saturated carbocycles. The van der Waals surface area contributed by atoms with Gasteiger partial charge in [0.1, 0.15) is 11.9 Å². The molecule has 2 heterocycles. The minimum absolute atomic E-state index is 0.0407. The number of allylic oxidation sites excluding steroid dienone is 5. The molecule has 0 radical (unpaired) electrons. The first-order chi connectivity index (χ1) is 16.4. The molecular weight excluding hydrogens is 433 g/mol. The van der Waals surface area contributed by atoms with Crippen molar-refractivity contribution in [1.82, 2.24) is 15.3 Å². The van der Waals surface area contributed by atoms with Gasteiger partial charge in [-0.2, -0.15) is 10.2 Å². The molecule has 1 aromatic heterocycles. The molecule has 8 nitrogen and oxygen atoms in total. The number of halogens is 1. The molecule has 1 aliphatic carbocycles. The summed E-state index contributed by atoms with van der Waals surface area (Å²) >= 11 is 0. The van der Waals surface area contributed by atoms with Gasteiger partial charge in [0.2, 0.25) is 11.8 Å². The average molecular weight is 460 g/mol. The zero-order valence-electron chi connectivity index (χ0n) is 19.1. The predicted octanol–water partition coefficient (Wildman–Crippen LogP) is 3.17. The Morgan fingerprint density at radius 2 is 2.06 bits per heavy atom. The number of anilines is 1. The SMILES string of the molecule is CN/C=C1/C=C(c2c(OC)nc(N3CCC(N)CC3)nc2-c2ccc(C#N)c(F)c2)C=CC1=N. The van der Waals surface area contributed by atoms with Gasteiger partial charge < -0.3 is 26.1 Å². The fourth-order valence-corrected chi connectivity index (χ4v) is 4.03. The summed E-state index contributed by atoms with van der Waals surface area (Å²) in [7, 11) is 3.30. The summed E-state index contributed by atoms with van der Waals surface area (Å²) in [6.07, 6.45) is 8.68. The third-order valence-corrected chi connectivity index (χ3v) is 5.88. The van der Waals surface area contributed by atoms with Crippen molar-refractivity contribution in [2.45, 2.75) is 18.9 Å². The van der Waals surface area contributed by atoms with E-state index in [0.717, 1.165) is 18.4 Å². The van der Waals surface area contributed by atoms with Gasteiger partial charge in [-0.3, -0.25) is 0 Å². The van der Waals surface area contributed by atoms with Crippen molar-refractivity contribution < 1.29 is 9.13 Å². The van der Waals surface area contributed by atoms with Crippen molar-refractivity contribution in [3.8, 4) is 23.2 Å². The number of aromatic nitrogens is 2. The molecular formula is C25H26FN7O. The molecule has 2 aliphatic rings. The highest BCUT2D eigenvalue weighted by Crippen LogP contribution is 2.38. The second-order valence-electron chi connectivity index (χ2n) is 8.12. The Morgan fingerprint density at radius 1 is 1.29 bits per heavy atom. The van der Waals surface area contributed by atoms with Crippen LogP contribution in [0.1, 0.15) is 24.0 Å². The van der Waals surface area contributed by atoms with Gasteiger partial charge in [-0.15, -0.1) is 0 Å². The largest absolute Gasteiger partial charge is 0.480 e. The van der Waals surface area contributed by atoms with Gasteiger partial charge in [-0.25, -0.2) is 9.37 Å². The van der Waals surface area contributed by atoms with Crippen molar-refractivity contribution in [1.29, 1.82) is 10.7 Å². The van der Waals surface area contributed by atoms with Crippen molar-refractivity contribution in [3.05, 3.63) is 65.1 Å². The number of nitrogens with two attached hydrogens (primary N) is 1. The van der Waals surface area contributed by atoms with Crippen molar-refractivity contribution in [2.75, 3.05) is 32.1 Å². The van der Waals surface area contributed by atoms with Crippen LogP contribution in [0.3, 0.4) is 0 Å². The highest BCUT2D eigenvalue weighted by Gasteiger charge is 2.25. The molecule has 1 aliphatic heterocycles. The van der Waals surface area contributed by atoms with Crippen LogP contribution in [0.25, 0.3) is 16.8 Å². The minimum Gasteiger partial charge on any atom is -0.480 e. The van der Waals surface area contributed by atoms with Gasteiger partial charge in [0, 0.05) is 43.5 Å². The number of methoxy groups -OCH3 is 1. The molecule has 0 amide bonds. The number of nitrogens with zero attached hydrogens (tertiary/aromatic N) is 4. The average Bonchev–Trinajstić information content (AvgIpc) is 2.85. The molecule has 0 atom stereocenters. The Morgan fingerprint density at radius 3 is 2.71 bits per heavy atom. The zero-order valence-corrected chi connectivity index (χ0v) is 19.1. The number of nitriles is 1. The van der Waals surface area contributed by atoms with Crippen LogP contribution < -0.4 is 20.7 Å². The third-order valence-electron chi connectivity index (χ3n) is 5.88. The normalized spacial score (nSPS) is 17.5. The van der Waals surface area contributed by atoms with E-state index in [1.54, 1.807) is 31.5 Å². The maximum absolute atomic E-state index is 14.6. The maximum Gasteiger partial charge on any atom is 0.229 e. The van der Waals surface area contributed by atoms with E-state index in [9.17, 15) is 4.39 Å². The number of ether oxygens (including phenoxy) is 1. The van der Waals surface area contributed by atoms with Crippen LogP contribution in [0.5, 0.6) is 5.88 Å². The summed E-state index contributed by atoms with van der Waals surface area (Å²) in [4.78, 5) is 11.6. The fourth-order valence-electron chi connectivity index (χ4n) is 4.03. The molecule has 0 bridgehead atoms. The molecule has 0 unspecified atom stereocenters. The fraction of sp³-hybridized carbons (Fsp3) is 0.280. The lowest BCUT2D eigenvalue weighted by molar-refractivity contribution is 0.394. The van der Waals surface area contributed by atoms with Crippen molar-refractivity contribution >= 4 is 17.2 Å². The Balaban J connectivity index is 1.93. The second kappa shape index (κ2) is 9.85. The van der Waals surface area contributed by atoms with Crippen LogP contribution >= 0.6 is 0 Å². The summed E-state index contributed by atoms with van der Waals surface area (Å²) < 4.78 is 20.3. The van der Waals surface area contributed by atoms with Gasteiger partial charge in [-0.1, -0.05) is 12.1 Å². The Kier molecular flexibility index (Phi) is 6.70. The molecule has 0 spiro atoms. The lowest BCUT2D eigenvalue weighted by Crippen LogP contribution is -2.40. The molecule has 4 N–H and O–H groups in total. The van der Waals surface area contributed by atoms with E-state index in [-0.39, 0.29) is 11.6 Å². The van der Waals surface area contributed by atoms with Gasteiger partial charge in [0.05, 0.1) is 29.6 Å². The quantitative estimate of drug-likeness (QED) is 0.627. The number of piperidine rings is 1. The molecule has 1 fully saturated rings. The topological polar surface area (TPSA) is 124 Å². The van der Waals surface area contributed by atoms with Crippen molar-refractivity contribution in [3.63, 3.8) is 0 Å². The smallest absolute Gasteiger partial charge is 0.229 e. The summed E-state index contributed by atoms with van der Waals surface area (Å²) in [5.41, 5.74) is 9.33. The third kappa shape index (κ3) is 4.54. The standard InChI is InChI=1S/C25H26FN7O/c1-30-14-18-11-15(5-6-21(18)29)22-23(16-3-4-17(13-27)20(26)12-16)31-25(32-24(22)34-2)33-9-7-19(28)8-10-33/h3-6,11-12,14,19,29-30H,7-10,28H2,1-2H3/b18-14-,29-21?. The molecule has 1 aromatic carbocycles. The summed E-state index contributed by atoms with van der Waals surface area (Å²) in [6.45, 7) is 1.42. The summed E-state index contributed by atoms with van der Waals surface area (Å²) in [5, 5.41) is 20.3. The van der Waals surface area contributed by atoms with E-state index in [4.69, 9.17) is 26.1 Å². The van der Waals surface area contributed by atoms with Crippen LogP contribution in [-0.4, -0.2) is 49.0 Å². The molecule has 4 rings (SSSR count). The first-order valence-electron chi connectivity index (χ1n) is 11.0. The van der Waals surface area contributed by atoms with Gasteiger partial charge in [0.25, 0.3) is 0 Å². The van der Waals surface area contributed by atoms with Gasteiger partial charge >= 0.3 is 0 Å². The van der Waals surface area contributed by atoms with E-state index in [0.29, 0.717) is 53.0 Å². The second-order valence-corrected chi connectivity index (χ2v) is 8.12. The molecule has 174 valence electrons. The van der Waals surface area contributed by atoms with E-state index in [2.05, 4.69) is 10.3 Å². The Bertz CT molecular complexity index is 1250. The molecule has 1 saturated heterocycles. The number of benzene rings is 1. The van der Waals surface area contributed by atoms with Crippen LogP contribution in [0.4, 0.5) is 10.3 Å². The van der Waals surface area contributed by atoms with Crippen LogP contribution in [0, 0.1) is 22.6 Å². The van der Waals surface area contributed by atoms with Gasteiger partial charge in [-0.05, 0) is 42.7 Å². The van der Waals surface area contributed by atoms with E-state index < -0.39 is 5.82 Å². The predicted molar refractivity (Wildman–Crippen MR) is 130 cm³/mol. The monoisotopic (exact) mass is 459 g/mol. The van der Waals surface area contributed by atoms with Crippen molar-refractivity contribution in [2.24, 2.45) is 5.73 Å². The molecule has 9 heteroatoms.